The van der Waals surface area contributed by atoms with Crippen molar-refractivity contribution in [3.8, 4) is 0 Å². The average molecular weight is 592 g/mol. The number of thioether (sulfide) groups is 1. The van der Waals surface area contributed by atoms with Gasteiger partial charge in [0.2, 0.25) is 17.9 Å². The third-order valence-corrected chi connectivity index (χ3v) is 7.99. The molecule has 3 atom stereocenters. The van der Waals surface area contributed by atoms with E-state index in [1.165, 1.54) is 11.8 Å². The van der Waals surface area contributed by atoms with Crippen LogP contribution in [0.3, 0.4) is 0 Å². The van der Waals surface area contributed by atoms with Crippen LogP contribution in [0, 0.1) is 0 Å². The first-order valence-electron chi connectivity index (χ1n) is 11.8. The first-order chi connectivity index (χ1) is 19.2. The second-order valence-electron chi connectivity index (χ2n) is 8.97. The van der Waals surface area contributed by atoms with Crippen LogP contribution in [0.1, 0.15) is 12.7 Å². The minimum Gasteiger partial charge on any atom is -0.477 e. The monoisotopic (exact) mass is 591 g/mol. The lowest BCUT2D eigenvalue weighted by atomic mass is 10.0. The molecule has 3 aromatic rings. The third-order valence-electron chi connectivity index (χ3n) is 6.11. The number of fused-ring (bicyclic) bond motifs is 2. The summed E-state index contributed by atoms with van der Waals surface area (Å²) in [6.45, 7) is 1.33. The summed E-state index contributed by atoms with van der Waals surface area (Å²) in [6.07, 6.45) is 3.47. The number of carboxylic acids is 1. The summed E-state index contributed by atoms with van der Waals surface area (Å²) in [7, 11) is 0. The number of hydrogen-bond acceptors (Lipinski definition) is 12. The van der Waals surface area contributed by atoms with Crippen LogP contribution in [-0.2, 0) is 32.3 Å². The molecule has 2 aliphatic rings. The van der Waals surface area contributed by atoms with E-state index >= 15 is 0 Å². The molecule has 1 fully saturated rings. The molecule has 0 radical (unpaired) electrons. The second-order valence-corrected chi connectivity index (χ2v) is 10.9. The van der Waals surface area contributed by atoms with Crippen molar-refractivity contribution in [3.05, 3.63) is 41.8 Å². The maximum atomic E-state index is 13.1. The van der Waals surface area contributed by atoms with Gasteiger partial charge in [-0.1, -0.05) is 5.16 Å². The number of aromatic nitrogens is 5. The fourth-order valence-electron chi connectivity index (χ4n) is 4.49. The summed E-state index contributed by atoms with van der Waals surface area (Å²) in [5.74, 6) is -2.71. The topological polar surface area (TPSA) is 208 Å². The number of alkyl halides is 1. The molecule has 3 unspecified atom stereocenters. The Kier molecular flexibility index (Phi) is 7.63. The number of amides is 2. The number of nitrogen functional groups attached to an aromatic ring is 1. The van der Waals surface area contributed by atoms with E-state index in [2.05, 4.69) is 29.7 Å². The summed E-state index contributed by atoms with van der Waals surface area (Å²) in [5.41, 5.74) is 12.9. The highest BCUT2D eigenvalue weighted by molar-refractivity contribution is 8.00. The van der Waals surface area contributed by atoms with E-state index in [0.29, 0.717) is 17.8 Å². The van der Waals surface area contributed by atoms with Gasteiger partial charge in [0, 0.05) is 35.4 Å². The van der Waals surface area contributed by atoms with Gasteiger partial charge >= 0.3 is 11.6 Å². The predicted octanol–water partition coefficient (Wildman–Crippen LogP) is -0.809. The summed E-state index contributed by atoms with van der Waals surface area (Å²) < 4.78 is 20.2. The Balaban J connectivity index is 1.37. The molecule has 2 aliphatic heterocycles. The maximum absolute atomic E-state index is 13.1. The van der Waals surface area contributed by atoms with Crippen LogP contribution >= 0.6 is 23.3 Å². The minimum absolute atomic E-state index is 0.0440. The lowest BCUT2D eigenvalue weighted by Gasteiger charge is -2.49. The summed E-state index contributed by atoms with van der Waals surface area (Å²) in [4.78, 5) is 52.2. The Hall–Kier alpha value is -4.16. The van der Waals surface area contributed by atoms with Gasteiger partial charge in [-0.05, 0) is 24.0 Å². The highest BCUT2D eigenvalue weighted by Crippen LogP contribution is 2.40. The Labute approximate surface area is 233 Å². The van der Waals surface area contributed by atoms with E-state index < -0.39 is 41.8 Å². The zero-order valence-corrected chi connectivity index (χ0v) is 22.6. The molecule has 6 N–H and O–H groups in total. The fraction of sp³-hybridized carbons (Fsp3) is 0.364. The number of carboxylic acid groups (broad SMARTS) is 1. The fourth-order valence-corrected chi connectivity index (χ4v) is 6.26. The Bertz CT molecular complexity index is 1550. The molecule has 40 heavy (non-hydrogen) atoms. The Morgan fingerprint density at radius 2 is 2.25 bits per heavy atom. The maximum Gasteiger partial charge on any atom is 0.352 e. The zero-order valence-electron chi connectivity index (χ0n) is 20.9. The molecule has 2 amide bonds. The van der Waals surface area contributed by atoms with Gasteiger partial charge in [0.1, 0.15) is 29.2 Å². The van der Waals surface area contributed by atoms with Crippen molar-refractivity contribution in [2.75, 3.05) is 18.3 Å². The molecule has 1 saturated heterocycles. The SMILES string of the molecule is CC(N)Cn1cnc2c1ccc[n+]2CC1=C(C(=O)O)N2C(=O)C(NC(=O)/C(=N\OCF)c3nsc(N)n3)C2SC1. The van der Waals surface area contributed by atoms with Crippen LogP contribution < -0.4 is 21.4 Å². The van der Waals surface area contributed by atoms with Crippen LogP contribution in [0.15, 0.2) is 41.1 Å². The van der Waals surface area contributed by atoms with Crippen LogP contribution in [0.5, 0.6) is 0 Å². The number of carbonyl (C=O) groups excluding carboxylic acids is 2. The Morgan fingerprint density at radius 1 is 1.45 bits per heavy atom. The number of aliphatic carboxylic acids is 1. The molecule has 0 saturated carbocycles. The van der Waals surface area contributed by atoms with Crippen LogP contribution in [0.2, 0.25) is 0 Å². The summed E-state index contributed by atoms with van der Waals surface area (Å²) in [6, 6.07) is 2.58. The molecule has 0 spiro atoms. The number of nitrogens with one attached hydrogen (secondary N) is 1. The number of hydrogen-bond donors (Lipinski definition) is 4. The summed E-state index contributed by atoms with van der Waals surface area (Å²) in [5, 5.41) is 15.3. The number of pyridine rings is 1. The molecule has 210 valence electrons. The minimum atomic E-state index is -1.31. The number of carbonyl (C=O) groups is 3. The number of nitrogens with two attached hydrogens (primary N) is 2. The molecule has 5 heterocycles. The van der Waals surface area contributed by atoms with E-state index in [-0.39, 0.29) is 35.0 Å². The van der Waals surface area contributed by atoms with Crippen LogP contribution in [0.4, 0.5) is 9.52 Å². The zero-order chi connectivity index (χ0) is 28.6. The van der Waals surface area contributed by atoms with Crippen molar-refractivity contribution < 1.29 is 33.3 Å². The average Bonchev–Trinajstić information content (AvgIpc) is 3.53. The van der Waals surface area contributed by atoms with Gasteiger partial charge in [-0.2, -0.15) is 9.36 Å². The first kappa shape index (κ1) is 27.4. The number of oxime groups is 1. The highest BCUT2D eigenvalue weighted by atomic mass is 32.2. The van der Waals surface area contributed by atoms with Crippen molar-refractivity contribution in [1.29, 1.82) is 0 Å². The molecular weight excluding hydrogens is 567 g/mol. The van der Waals surface area contributed by atoms with E-state index in [1.54, 1.807) is 12.5 Å². The van der Waals surface area contributed by atoms with Gasteiger partial charge in [-0.3, -0.25) is 14.5 Å². The molecule has 3 aromatic heterocycles. The van der Waals surface area contributed by atoms with Crippen LogP contribution in [-0.4, -0.2) is 82.5 Å². The smallest absolute Gasteiger partial charge is 0.352 e. The number of rotatable bonds is 10. The van der Waals surface area contributed by atoms with E-state index in [0.717, 1.165) is 21.9 Å². The lowest BCUT2D eigenvalue weighted by Crippen LogP contribution is -2.71. The van der Waals surface area contributed by atoms with Gasteiger partial charge in [-0.15, -0.1) is 11.8 Å². The van der Waals surface area contributed by atoms with Gasteiger partial charge in [-0.25, -0.2) is 13.8 Å². The normalized spacial score (nSPS) is 19.8. The van der Waals surface area contributed by atoms with Crippen molar-refractivity contribution >= 4 is 63.1 Å². The van der Waals surface area contributed by atoms with Crippen molar-refractivity contribution in [1.82, 2.24) is 29.1 Å². The van der Waals surface area contributed by atoms with Gasteiger partial charge in [0.15, 0.2) is 5.13 Å². The summed E-state index contributed by atoms with van der Waals surface area (Å²) >= 11 is 2.09. The van der Waals surface area contributed by atoms with Crippen molar-refractivity contribution in [2.24, 2.45) is 10.9 Å². The standard InChI is InChI=1S/C22H23FN10O5S2/c1-10(24)5-32-9-26-17-12(32)3-2-4-31(17)6-11-7-39-20-14(19(35)33(20)15(11)21(36)37)27-18(34)13(29-38-8-23)16-28-22(25)40-30-16/h2-4,9-10,14,20H,5-8,24H2,1H3,(H3-,25,27,28,30,34,36,37)/p+1/b29-13-. The molecule has 5 rings (SSSR count). The number of imidazole rings is 1. The van der Waals surface area contributed by atoms with Gasteiger partial charge < -0.3 is 31.3 Å². The Morgan fingerprint density at radius 3 is 2.92 bits per heavy atom. The molecule has 0 aromatic carbocycles. The molecule has 0 bridgehead atoms. The van der Waals surface area contributed by atoms with Gasteiger partial charge in [0.25, 0.3) is 18.7 Å². The molecule has 0 aliphatic carbocycles. The number of anilines is 1. The molecule has 15 nitrogen and oxygen atoms in total. The third kappa shape index (κ3) is 5.07. The van der Waals surface area contributed by atoms with E-state index in [4.69, 9.17) is 11.5 Å². The largest absolute Gasteiger partial charge is 0.477 e. The predicted molar refractivity (Wildman–Crippen MR) is 141 cm³/mol. The number of nitrogens with zero attached hydrogens (tertiary/aromatic N) is 7. The lowest BCUT2D eigenvalue weighted by molar-refractivity contribution is -0.664. The number of β-lactam (4-membered cyclic amide) rings is 1. The van der Waals surface area contributed by atoms with E-state index in [9.17, 15) is 23.9 Å². The van der Waals surface area contributed by atoms with Gasteiger partial charge in [0.05, 0.1) is 6.20 Å². The second kappa shape index (κ2) is 11.1. The quantitative estimate of drug-likeness (QED) is 0.0992. The number of halogens is 1. The first-order valence-corrected chi connectivity index (χ1v) is 13.7. The van der Waals surface area contributed by atoms with Crippen molar-refractivity contribution in [3.63, 3.8) is 0 Å². The van der Waals surface area contributed by atoms with E-state index in [1.807, 2.05) is 28.2 Å². The highest BCUT2D eigenvalue weighted by Gasteiger charge is 2.54. The van der Waals surface area contributed by atoms with Crippen LogP contribution in [0.25, 0.3) is 11.2 Å². The van der Waals surface area contributed by atoms with Crippen molar-refractivity contribution in [2.45, 2.75) is 37.5 Å². The molecular formula is C22H24FN10O5S2+. The molecule has 18 heteroatoms.